The van der Waals surface area contributed by atoms with Gasteiger partial charge in [0.15, 0.2) is 0 Å². The number of amides is 2. The molecule has 1 unspecified atom stereocenters. The Kier molecular flexibility index (Phi) is 9.24. The normalized spacial score (nSPS) is 11.9. The number of nitrogens with zero attached hydrogens (tertiary/aromatic N) is 1. The summed E-state index contributed by atoms with van der Waals surface area (Å²) >= 11 is 0. The number of hydrogen-bond donors (Lipinski definition) is 2. The molecule has 0 spiro atoms. The van der Waals surface area contributed by atoms with Crippen LogP contribution in [0.2, 0.25) is 0 Å². The SMILES string of the molecule is CCOc1ccc(S(=O)(=O)N(CC(=O)Nc2ccccc2C(=O)NC(C)CC)c2ccc(F)cc2)cc1. The van der Waals surface area contributed by atoms with Gasteiger partial charge in [0.05, 0.1) is 28.4 Å². The van der Waals surface area contributed by atoms with Crippen LogP contribution in [-0.4, -0.2) is 39.4 Å². The molecule has 0 bridgehead atoms. The number of ether oxygens (including phenoxy) is 1. The van der Waals surface area contributed by atoms with Crippen molar-refractivity contribution in [3.8, 4) is 5.75 Å². The fourth-order valence-electron chi connectivity index (χ4n) is 3.44. The summed E-state index contributed by atoms with van der Waals surface area (Å²) in [6.07, 6.45) is 0.732. The quantitative estimate of drug-likeness (QED) is 0.380. The molecular formula is C27H30FN3O5S. The fourth-order valence-corrected chi connectivity index (χ4v) is 4.86. The first-order chi connectivity index (χ1) is 17.6. The summed E-state index contributed by atoms with van der Waals surface area (Å²) in [7, 11) is -4.22. The monoisotopic (exact) mass is 527 g/mol. The Morgan fingerprint density at radius 1 is 0.973 bits per heavy atom. The van der Waals surface area contributed by atoms with Crippen LogP contribution < -0.4 is 19.7 Å². The molecule has 0 aliphatic carbocycles. The van der Waals surface area contributed by atoms with Gasteiger partial charge in [0.2, 0.25) is 5.91 Å². The van der Waals surface area contributed by atoms with Crippen molar-refractivity contribution < 1.29 is 27.1 Å². The third-order valence-corrected chi connectivity index (χ3v) is 7.35. The first-order valence-corrected chi connectivity index (χ1v) is 13.3. The minimum Gasteiger partial charge on any atom is -0.494 e. The summed E-state index contributed by atoms with van der Waals surface area (Å²) in [6.45, 7) is 5.43. The maximum absolute atomic E-state index is 13.6. The summed E-state index contributed by atoms with van der Waals surface area (Å²) < 4.78 is 46.9. The predicted octanol–water partition coefficient (Wildman–Crippen LogP) is 4.59. The van der Waals surface area contributed by atoms with E-state index in [9.17, 15) is 22.4 Å². The third kappa shape index (κ3) is 7.07. The zero-order chi connectivity index (χ0) is 27.0. The number of benzene rings is 3. The summed E-state index contributed by atoms with van der Waals surface area (Å²) in [5.74, 6) is -1.09. The topological polar surface area (TPSA) is 105 Å². The highest BCUT2D eigenvalue weighted by Gasteiger charge is 2.28. The molecule has 0 saturated carbocycles. The molecule has 10 heteroatoms. The van der Waals surface area contributed by atoms with Crippen molar-refractivity contribution >= 4 is 33.2 Å². The zero-order valence-corrected chi connectivity index (χ0v) is 21.7. The second-order valence-electron chi connectivity index (χ2n) is 8.27. The molecule has 37 heavy (non-hydrogen) atoms. The Balaban J connectivity index is 1.90. The maximum atomic E-state index is 13.6. The third-order valence-electron chi connectivity index (χ3n) is 5.56. The van der Waals surface area contributed by atoms with Gasteiger partial charge in [0.25, 0.3) is 15.9 Å². The predicted molar refractivity (Wildman–Crippen MR) is 141 cm³/mol. The Morgan fingerprint density at radius 2 is 1.62 bits per heavy atom. The van der Waals surface area contributed by atoms with E-state index in [-0.39, 0.29) is 33.8 Å². The molecule has 8 nitrogen and oxygen atoms in total. The van der Waals surface area contributed by atoms with Crippen LogP contribution >= 0.6 is 0 Å². The molecule has 2 amide bonds. The van der Waals surface area contributed by atoms with Gasteiger partial charge in [-0.05, 0) is 80.9 Å². The maximum Gasteiger partial charge on any atom is 0.264 e. The molecule has 0 fully saturated rings. The minimum atomic E-state index is -4.22. The number of carbonyl (C=O) groups is 2. The van der Waals surface area contributed by atoms with Crippen molar-refractivity contribution in [1.82, 2.24) is 5.32 Å². The summed E-state index contributed by atoms with van der Waals surface area (Å²) in [5.41, 5.74) is 0.595. The highest BCUT2D eigenvalue weighted by atomic mass is 32.2. The van der Waals surface area contributed by atoms with E-state index < -0.39 is 28.3 Å². The lowest BCUT2D eigenvalue weighted by Gasteiger charge is -2.24. The van der Waals surface area contributed by atoms with Gasteiger partial charge in [0.1, 0.15) is 18.1 Å². The van der Waals surface area contributed by atoms with Crippen molar-refractivity contribution in [3.63, 3.8) is 0 Å². The molecule has 0 heterocycles. The van der Waals surface area contributed by atoms with Crippen LogP contribution in [-0.2, 0) is 14.8 Å². The average Bonchev–Trinajstić information content (AvgIpc) is 2.88. The van der Waals surface area contributed by atoms with Crippen molar-refractivity contribution in [2.45, 2.75) is 38.1 Å². The van der Waals surface area contributed by atoms with Crippen molar-refractivity contribution in [3.05, 3.63) is 84.2 Å². The van der Waals surface area contributed by atoms with Crippen LogP contribution in [0.4, 0.5) is 15.8 Å². The van der Waals surface area contributed by atoms with Crippen LogP contribution in [0.15, 0.2) is 77.7 Å². The molecule has 0 aliphatic heterocycles. The highest BCUT2D eigenvalue weighted by Crippen LogP contribution is 2.26. The van der Waals surface area contributed by atoms with Crippen LogP contribution in [0.1, 0.15) is 37.6 Å². The molecule has 196 valence electrons. The first kappa shape index (κ1) is 27.7. The van der Waals surface area contributed by atoms with Gasteiger partial charge in [-0.15, -0.1) is 0 Å². The molecular weight excluding hydrogens is 497 g/mol. The summed E-state index contributed by atoms with van der Waals surface area (Å²) in [4.78, 5) is 25.7. The van der Waals surface area contributed by atoms with Gasteiger partial charge in [0, 0.05) is 6.04 Å². The largest absolute Gasteiger partial charge is 0.494 e. The smallest absolute Gasteiger partial charge is 0.264 e. The molecule has 2 N–H and O–H groups in total. The Labute approximate surface area is 216 Å². The molecule has 3 aromatic rings. The standard InChI is InChI=1S/C27H30FN3O5S/c1-4-19(3)29-27(33)24-8-6-7-9-25(24)30-26(32)18-31(21-12-10-20(28)11-13-21)37(34,35)23-16-14-22(15-17-23)36-5-2/h6-17,19H,4-5,18H2,1-3H3,(H,29,33)(H,30,32). The Morgan fingerprint density at radius 3 is 2.24 bits per heavy atom. The van der Waals surface area contributed by atoms with Gasteiger partial charge >= 0.3 is 0 Å². The molecule has 3 rings (SSSR count). The lowest BCUT2D eigenvalue weighted by molar-refractivity contribution is -0.114. The average molecular weight is 528 g/mol. The molecule has 0 aromatic heterocycles. The highest BCUT2D eigenvalue weighted by molar-refractivity contribution is 7.92. The van der Waals surface area contributed by atoms with E-state index in [2.05, 4.69) is 10.6 Å². The molecule has 0 radical (unpaired) electrons. The van der Waals surface area contributed by atoms with E-state index in [4.69, 9.17) is 4.74 Å². The minimum absolute atomic E-state index is 0.0653. The van der Waals surface area contributed by atoms with Gasteiger partial charge in [-0.2, -0.15) is 0 Å². The van der Waals surface area contributed by atoms with E-state index in [0.717, 1.165) is 22.9 Å². The second kappa shape index (κ2) is 12.4. The number of carbonyl (C=O) groups excluding carboxylic acids is 2. The van der Waals surface area contributed by atoms with E-state index >= 15 is 0 Å². The van der Waals surface area contributed by atoms with Gasteiger partial charge < -0.3 is 15.4 Å². The van der Waals surface area contributed by atoms with Crippen LogP contribution in [0.5, 0.6) is 5.75 Å². The van der Waals surface area contributed by atoms with Crippen LogP contribution in [0.3, 0.4) is 0 Å². The number of sulfonamides is 1. The van der Waals surface area contributed by atoms with Crippen LogP contribution in [0.25, 0.3) is 0 Å². The first-order valence-electron chi connectivity index (χ1n) is 11.9. The van der Waals surface area contributed by atoms with Crippen molar-refractivity contribution in [2.24, 2.45) is 0 Å². The lowest BCUT2D eigenvalue weighted by atomic mass is 10.1. The molecule has 0 aliphatic rings. The second-order valence-corrected chi connectivity index (χ2v) is 10.1. The molecule has 1 atom stereocenters. The number of halogens is 1. The van der Waals surface area contributed by atoms with E-state index in [0.29, 0.717) is 12.4 Å². The lowest BCUT2D eigenvalue weighted by Crippen LogP contribution is -2.38. The molecule has 3 aromatic carbocycles. The van der Waals surface area contributed by atoms with Crippen molar-refractivity contribution in [2.75, 3.05) is 22.8 Å². The number of rotatable bonds is 11. The number of anilines is 2. The Bertz CT molecular complexity index is 1330. The zero-order valence-electron chi connectivity index (χ0n) is 20.9. The van der Waals surface area contributed by atoms with E-state index in [1.807, 2.05) is 20.8 Å². The number of nitrogens with one attached hydrogen (secondary N) is 2. The number of hydrogen-bond acceptors (Lipinski definition) is 5. The summed E-state index contributed by atoms with van der Waals surface area (Å²) in [5, 5.41) is 5.49. The van der Waals surface area contributed by atoms with Crippen molar-refractivity contribution in [1.29, 1.82) is 0 Å². The van der Waals surface area contributed by atoms with Gasteiger partial charge in [-0.3, -0.25) is 13.9 Å². The summed E-state index contributed by atoms with van der Waals surface area (Å²) in [6, 6.07) is 17.0. The van der Waals surface area contributed by atoms with Gasteiger partial charge in [-0.1, -0.05) is 19.1 Å². The van der Waals surface area contributed by atoms with E-state index in [1.165, 1.54) is 36.4 Å². The molecule has 0 saturated heterocycles. The Hall–Kier alpha value is -3.92. The number of para-hydroxylation sites is 1. The fraction of sp³-hybridized carbons (Fsp3) is 0.259. The van der Waals surface area contributed by atoms with Crippen LogP contribution in [0, 0.1) is 5.82 Å². The van der Waals surface area contributed by atoms with E-state index in [1.54, 1.807) is 24.3 Å². The van der Waals surface area contributed by atoms with Gasteiger partial charge in [-0.25, -0.2) is 12.8 Å².